The molecule has 0 aromatic heterocycles. The fourth-order valence-electron chi connectivity index (χ4n) is 1.38. The lowest BCUT2D eigenvalue weighted by molar-refractivity contribution is -0.165. The van der Waals surface area contributed by atoms with Crippen molar-refractivity contribution < 1.29 is 29.3 Å². The Balaban J connectivity index is 4.14. The molecule has 0 bridgehead atoms. The molecule has 0 aliphatic carbocycles. The van der Waals surface area contributed by atoms with Gasteiger partial charge in [0.2, 0.25) is 0 Å². The SMILES string of the molecule is CC(CC(C)(C)OC(=O)CO)OC(=O)CO. The maximum Gasteiger partial charge on any atom is 0.332 e. The van der Waals surface area contributed by atoms with Crippen LogP contribution in [-0.4, -0.2) is 47.1 Å². The van der Waals surface area contributed by atoms with Crippen molar-refractivity contribution in [3.63, 3.8) is 0 Å². The lowest BCUT2D eigenvalue weighted by atomic mass is 10.0. The zero-order valence-electron chi connectivity index (χ0n) is 9.73. The van der Waals surface area contributed by atoms with Crippen molar-refractivity contribution in [2.24, 2.45) is 0 Å². The maximum atomic E-state index is 10.9. The average molecular weight is 234 g/mol. The molecule has 0 aliphatic rings. The summed E-state index contributed by atoms with van der Waals surface area (Å²) in [5.41, 5.74) is -0.838. The van der Waals surface area contributed by atoms with Crippen molar-refractivity contribution in [1.82, 2.24) is 0 Å². The number of carbonyl (C=O) groups is 2. The average Bonchev–Trinajstić information content (AvgIpc) is 2.15. The van der Waals surface area contributed by atoms with Gasteiger partial charge in [-0.25, -0.2) is 9.59 Å². The Hall–Kier alpha value is -1.14. The van der Waals surface area contributed by atoms with Gasteiger partial charge in [0.1, 0.15) is 24.9 Å². The van der Waals surface area contributed by atoms with E-state index in [1.54, 1.807) is 20.8 Å². The third-order valence-corrected chi connectivity index (χ3v) is 1.76. The molecule has 0 spiro atoms. The minimum atomic E-state index is -0.838. The number of rotatable bonds is 6. The van der Waals surface area contributed by atoms with Crippen LogP contribution in [0.2, 0.25) is 0 Å². The van der Waals surface area contributed by atoms with Crippen LogP contribution in [0.4, 0.5) is 0 Å². The van der Waals surface area contributed by atoms with Gasteiger partial charge in [-0.3, -0.25) is 0 Å². The Morgan fingerprint density at radius 3 is 2.12 bits per heavy atom. The first-order valence-electron chi connectivity index (χ1n) is 4.94. The van der Waals surface area contributed by atoms with Gasteiger partial charge in [0.15, 0.2) is 0 Å². The van der Waals surface area contributed by atoms with Gasteiger partial charge < -0.3 is 19.7 Å². The van der Waals surface area contributed by atoms with Gasteiger partial charge in [0.25, 0.3) is 0 Å². The fourth-order valence-corrected chi connectivity index (χ4v) is 1.38. The summed E-state index contributed by atoms with van der Waals surface area (Å²) < 4.78 is 9.74. The second-order valence-corrected chi connectivity index (χ2v) is 4.05. The van der Waals surface area contributed by atoms with E-state index < -0.39 is 36.9 Å². The van der Waals surface area contributed by atoms with Crippen LogP contribution in [0, 0.1) is 0 Å². The topological polar surface area (TPSA) is 93.1 Å². The molecule has 94 valence electrons. The van der Waals surface area contributed by atoms with Crippen molar-refractivity contribution in [3.05, 3.63) is 0 Å². The Bertz CT molecular complexity index is 248. The molecule has 0 aromatic rings. The molecule has 0 saturated carbocycles. The highest BCUT2D eigenvalue weighted by Gasteiger charge is 2.26. The lowest BCUT2D eigenvalue weighted by Crippen LogP contribution is -2.34. The van der Waals surface area contributed by atoms with E-state index in [9.17, 15) is 9.59 Å². The first kappa shape index (κ1) is 14.9. The van der Waals surface area contributed by atoms with Gasteiger partial charge in [-0.15, -0.1) is 0 Å². The third-order valence-electron chi connectivity index (χ3n) is 1.76. The zero-order valence-corrected chi connectivity index (χ0v) is 9.73. The number of hydrogen-bond acceptors (Lipinski definition) is 6. The second-order valence-electron chi connectivity index (χ2n) is 4.05. The summed E-state index contributed by atoms with van der Waals surface area (Å²) in [6.45, 7) is 3.55. The van der Waals surface area contributed by atoms with E-state index in [1.165, 1.54) is 0 Å². The maximum absolute atomic E-state index is 10.9. The molecule has 0 fully saturated rings. The number of esters is 2. The molecular formula is C10H18O6. The highest BCUT2D eigenvalue weighted by atomic mass is 16.6. The molecule has 0 rings (SSSR count). The molecule has 6 nitrogen and oxygen atoms in total. The van der Waals surface area contributed by atoms with E-state index in [0.29, 0.717) is 0 Å². The number of ether oxygens (including phenoxy) is 2. The van der Waals surface area contributed by atoms with Crippen LogP contribution >= 0.6 is 0 Å². The monoisotopic (exact) mass is 234 g/mol. The van der Waals surface area contributed by atoms with E-state index in [0.717, 1.165) is 0 Å². The van der Waals surface area contributed by atoms with Crippen LogP contribution in [-0.2, 0) is 19.1 Å². The molecule has 1 unspecified atom stereocenters. The van der Waals surface area contributed by atoms with Gasteiger partial charge in [-0.05, 0) is 20.8 Å². The van der Waals surface area contributed by atoms with Crippen molar-refractivity contribution in [1.29, 1.82) is 0 Å². The van der Waals surface area contributed by atoms with Crippen molar-refractivity contribution in [3.8, 4) is 0 Å². The van der Waals surface area contributed by atoms with Crippen LogP contribution in [0.25, 0.3) is 0 Å². The lowest BCUT2D eigenvalue weighted by Gasteiger charge is -2.27. The summed E-state index contributed by atoms with van der Waals surface area (Å²) in [4.78, 5) is 21.6. The first-order valence-corrected chi connectivity index (χ1v) is 4.94. The Labute approximate surface area is 94.2 Å². The molecule has 1 atom stereocenters. The zero-order chi connectivity index (χ0) is 12.8. The summed E-state index contributed by atoms with van der Waals surface area (Å²) in [5.74, 6) is -1.46. The minimum Gasteiger partial charge on any atom is -0.461 e. The second kappa shape index (κ2) is 6.44. The van der Waals surface area contributed by atoms with E-state index >= 15 is 0 Å². The standard InChI is InChI=1S/C10H18O6/c1-7(15-8(13)5-11)4-10(2,3)16-9(14)6-12/h7,11-12H,4-6H2,1-3H3. The summed E-state index contributed by atoms with van der Waals surface area (Å²) in [6, 6.07) is 0. The Morgan fingerprint density at radius 1 is 1.19 bits per heavy atom. The Morgan fingerprint density at radius 2 is 1.69 bits per heavy atom. The molecule has 0 aromatic carbocycles. The molecule has 0 heterocycles. The minimum absolute atomic E-state index is 0.282. The van der Waals surface area contributed by atoms with Crippen molar-refractivity contribution in [2.45, 2.75) is 38.9 Å². The van der Waals surface area contributed by atoms with Gasteiger partial charge in [0, 0.05) is 6.42 Å². The molecular weight excluding hydrogens is 216 g/mol. The summed E-state index contributed by atoms with van der Waals surface area (Å²) >= 11 is 0. The Kier molecular flexibility index (Phi) is 5.98. The molecule has 16 heavy (non-hydrogen) atoms. The van der Waals surface area contributed by atoms with Crippen LogP contribution in [0.5, 0.6) is 0 Å². The highest BCUT2D eigenvalue weighted by molar-refractivity contribution is 5.71. The largest absolute Gasteiger partial charge is 0.461 e. The normalized spacial score (nSPS) is 13.1. The van der Waals surface area contributed by atoms with E-state index in [4.69, 9.17) is 19.7 Å². The summed E-state index contributed by atoms with van der Waals surface area (Å²) in [7, 11) is 0. The number of aliphatic hydroxyl groups is 2. The molecule has 0 radical (unpaired) electrons. The first-order chi connectivity index (χ1) is 7.30. The van der Waals surface area contributed by atoms with Gasteiger partial charge in [-0.1, -0.05) is 0 Å². The number of carbonyl (C=O) groups excluding carboxylic acids is 2. The molecule has 2 N–H and O–H groups in total. The van der Waals surface area contributed by atoms with Crippen LogP contribution in [0.3, 0.4) is 0 Å². The molecule has 0 aliphatic heterocycles. The third kappa shape index (κ3) is 6.36. The van der Waals surface area contributed by atoms with Gasteiger partial charge >= 0.3 is 11.9 Å². The predicted octanol–water partition coefficient (Wildman–Crippen LogP) is -0.385. The van der Waals surface area contributed by atoms with Crippen LogP contribution in [0.15, 0.2) is 0 Å². The van der Waals surface area contributed by atoms with Crippen molar-refractivity contribution in [2.75, 3.05) is 13.2 Å². The summed E-state index contributed by atoms with van der Waals surface area (Å²) in [5, 5.41) is 17.0. The number of aliphatic hydroxyl groups excluding tert-OH is 2. The quantitative estimate of drug-likeness (QED) is 0.608. The van der Waals surface area contributed by atoms with E-state index in [-0.39, 0.29) is 6.42 Å². The van der Waals surface area contributed by atoms with E-state index in [2.05, 4.69) is 0 Å². The molecule has 0 saturated heterocycles. The summed E-state index contributed by atoms with van der Waals surface area (Å²) in [6.07, 6.45) is -0.203. The van der Waals surface area contributed by atoms with Crippen LogP contribution in [0.1, 0.15) is 27.2 Å². The molecule has 0 amide bonds. The van der Waals surface area contributed by atoms with Gasteiger partial charge in [-0.2, -0.15) is 0 Å². The highest BCUT2D eigenvalue weighted by Crippen LogP contribution is 2.18. The predicted molar refractivity (Wildman–Crippen MR) is 54.5 cm³/mol. The van der Waals surface area contributed by atoms with Crippen LogP contribution < -0.4 is 0 Å². The smallest absolute Gasteiger partial charge is 0.332 e. The van der Waals surface area contributed by atoms with E-state index in [1.807, 2.05) is 0 Å². The fraction of sp³-hybridized carbons (Fsp3) is 0.800. The van der Waals surface area contributed by atoms with Crippen molar-refractivity contribution >= 4 is 11.9 Å². The molecule has 6 heteroatoms. The van der Waals surface area contributed by atoms with Gasteiger partial charge in [0.05, 0.1) is 0 Å². The number of hydrogen-bond donors (Lipinski definition) is 2.